The lowest BCUT2D eigenvalue weighted by atomic mass is 10.2. The molecule has 2 aromatic rings. The number of hydrogen-bond acceptors (Lipinski definition) is 6. The zero-order valence-corrected chi connectivity index (χ0v) is 16.3. The third-order valence-corrected chi connectivity index (χ3v) is 3.74. The Labute approximate surface area is 161 Å². The Hall–Kier alpha value is -2.54. The zero-order chi connectivity index (χ0) is 18.8. The number of hydrogen-bond donors (Lipinski definition) is 1. The molecule has 7 heteroatoms. The van der Waals surface area contributed by atoms with E-state index >= 15 is 0 Å². The number of nitrogens with zero attached hydrogens (tertiary/aromatic N) is 1. The van der Waals surface area contributed by atoms with Crippen molar-refractivity contribution in [2.75, 3.05) is 25.2 Å². The molecular weight excluding hydrogens is 400 g/mol. The third kappa shape index (κ3) is 6.07. The predicted octanol–water partition coefficient (Wildman–Crippen LogP) is 4.24. The number of hydrazone groups is 1. The lowest BCUT2D eigenvalue weighted by Gasteiger charge is -2.14. The molecule has 0 bridgehead atoms. The highest BCUT2D eigenvalue weighted by Gasteiger charge is 2.14. The molecule has 2 aromatic carbocycles. The molecule has 26 heavy (non-hydrogen) atoms. The van der Waals surface area contributed by atoms with E-state index in [2.05, 4.69) is 26.5 Å². The van der Waals surface area contributed by atoms with Crippen LogP contribution in [0, 0.1) is 0 Å². The first-order valence-electron chi connectivity index (χ1n) is 8.23. The van der Waals surface area contributed by atoms with Crippen molar-refractivity contribution in [1.82, 2.24) is 0 Å². The fourth-order valence-electron chi connectivity index (χ4n) is 2.09. The molecule has 0 heterocycles. The minimum Gasteiger partial charge on any atom is -0.490 e. The highest BCUT2D eigenvalue weighted by atomic mass is 79.9. The van der Waals surface area contributed by atoms with Crippen LogP contribution in [-0.2, 0) is 9.53 Å². The van der Waals surface area contributed by atoms with E-state index in [1.54, 1.807) is 19.2 Å². The SMILES string of the molecule is CCOC(=O)COc1c(Br)cc(C=NNc2ccccc2)cc1OCC. The predicted molar refractivity (Wildman–Crippen MR) is 105 cm³/mol. The van der Waals surface area contributed by atoms with Crippen molar-refractivity contribution < 1.29 is 19.0 Å². The molecule has 138 valence electrons. The van der Waals surface area contributed by atoms with Gasteiger partial charge in [-0.3, -0.25) is 5.43 Å². The van der Waals surface area contributed by atoms with E-state index in [0.29, 0.717) is 29.2 Å². The summed E-state index contributed by atoms with van der Waals surface area (Å²) in [6.07, 6.45) is 1.68. The van der Waals surface area contributed by atoms with Crippen LogP contribution in [0.3, 0.4) is 0 Å². The van der Waals surface area contributed by atoms with Gasteiger partial charge in [0.05, 0.1) is 29.6 Å². The number of carbonyl (C=O) groups is 1. The van der Waals surface area contributed by atoms with Crippen molar-refractivity contribution in [3.05, 3.63) is 52.5 Å². The fraction of sp³-hybridized carbons (Fsp3) is 0.263. The van der Waals surface area contributed by atoms with Gasteiger partial charge in [0.1, 0.15) is 0 Å². The molecule has 0 atom stereocenters. The van der Waals surface area contributed by atoms with Crippen LogP contribution in [0.5, 0.6) is 11.5 Å². The fourth-order valence-corrected chi connectivity index (χ4v) is 2.67. The molecule has 0 radical (unpaired) electrons. The van der Waals surface area contributed by atoms with Gasteiger partial charge >= 0.3 is 5.97 Å². The first kappa shape index (κ1) is 19.8. The van der Waals surface area contributed by atoms with E-state index in [1.807, 2.05) is 43.3 Å². The van der Waals surface area contributed by atoms with Gasteiger partial charge in [0.2, 0.25) is 0 Å². The molecule has 0 fully saturated rings. The molecule has 0 saturated carbocycles. The van der Waals surface area contributed by atoms with Crippen LogP contribution < -0.4 is 14.9 Å². The summed E-state index contributed by atoms with van der Waals surface area (Å²) in [4.78, 5) is 11.5. The topological polar surface area (TPSA) is 69.2 Å². The van der Waals surface area contributed by atoms with E-state index in [9.17, 15) is 4.79 Å². The summed E-state index contributed by atoms with van der Waals surface area (Å²) in [6.45, 7) is 4.21. The second-order valence-corrected chi connectivity index (χ2v) is 5.95. The minimum atomic E-state index is -0.431. The van der Waals surface area contributed by atoms with E-state index in [-0.39, 0.29) is 6.61 Å². The Morgan fingerprint density at radius 2 is 1.92 bits per heavy atom. The molecular formula is C19H21BrN2O4. The standard InChI is InChI=1S/C19H21BrN2O4/c1-3-24-17-11-14(12-21-22-15-8-6-5-7-9-15)10-16(20)19(17)26-13-18(23)25-4-2/h5-12,22H,3-4,13H2,1-2H3. The third-order valence-electron chi connectivity index (χ3n) is 3.15. The molecule has 6 nitrogen and oxygen atoms in total. The average molecular weight is 421 g/mol. The number of halogens is 1. The summed E-state index contributed by atoms with van der Waals surface area (Å²) in [5, 5.41) is 4.22. The largest absolute Gasteiger partial charge is 0.490 e. The van der Waals surface area contributed by atoms with Crippen molar-refractivity contribution in [2.24, 2.45) is 5.10 Å². The summed E-state index contributed by atoms with van der Waals surface area (Å²) >= 11 is 3.45. The second kappa shape index (κ2) is 10.5. The zero-order valence-electron chi connectivity index (χ0n) is 14.7. The highest BCUT2D eigenvalue weighted by Crippen LogP contribution is 2.36. The maximum atomic E-state index is 11.5. The maximum absolute atomic E-state index is 11.5. The lowest BCUT2D eigenvalue weighted by molar-refractivity contribution is -0.145. The van der Waals surface area contributed by atoms with Crippen LogP contribution in [0.2, 0.25) is 0 Å². The number of esters is 1. The van der Waals surface area contributed by atoms with Crippen molar-refractivity contribution in [2.45, 2.75) is 13.8 Å². The molecule has 0 aliphatic carbocycles. The molecule has 0 aromatic heterocycles. The Kier molecular flexibility index (Phi) is 7.95. The summed E-state index contributed by atoms with van der Waals surface area (Å²) in [7, 11) is 0. The highest BCUT2D eigenvalue weighted by molar-refractivity contribution is 9.10. The van der Waals surface area contributed by atoms with Crippen LogP contribution >= 0.6 is 15.9 Å². The maximum Gasteiger partial charge on any atom is 0.344 e. The Bertz CT molecular complexity index is 751. The molecule has 2 rings (SSSR count). The van der Waals surface area contributed by atoms with Crippen LogP contribution in [0.4, 0.5) is 5.69 Å². The molecule has 0 unspecified atom stereocenters. The molecule has 0 aliphatic rings. The number of ether oxygens (including phenoxy) is 3. The first-order chi connectivity index (χ1) is 12.6. The Morgan fingerprint density at radius 1 is 1.15 bits per heavy atom. The van der Waals surface area contributed by atoms with Gasteiger partial charge < -0.3 is 14.2 Å². The molecule has 0 amide bonds. The molecule has 1 N–H and O–H groups in total. The van der Waals surface area contributed by atoms with Crippen molar-refractivity contribution in [3.63, 3.8) is 0 Å². The van der Waals surface area contributed by atoms with Crippen molar-refractivity contribution in [1.29, 1.82) is 0 Å². The normalized spacial score (nSPS) is 10.6. The lowest BCUT2D eigenvalue weighted by Crippen LogP contribution is -2.15. The molecule has 0 spiro atoms. The van der Waals surface area contributed by atoms with Gasteiger partial charge in [-0.25, -0.2) is 4.79 Å². The van der Waals surface area contributed by atoms with Gasteiger partial charge in [-0.15, -0.1) is 0 Å². The van der Waals surface area contributed by atoms with Gasteiger partial charge in [-0.2, -0.15) is 5.10 Å². The second-order valence-electron chi connectivity index (χ2n) is 5.09. The minimum absolute atomic E-state index is 0.185. The number of benzene rings is 2. The van der Waals surface area contributed by atoms with E-state index < -0.39 is 5.97 Å². The van der Waals surface area contributed by atoms with Gasteiger partial charge in [-0.1, -0.05) is 18.2 Å². The number of carbonyl (C=O) groups excluding carboxylic acids is 1. The van der Waals surface area contributed by atoms with E-state index in [1.165, 1.54) is 0 Å². The van der Waals surface area contributed by atoms with E-state index in [4.69, 9.17) is 14.2 Å². The van der Waals surface area contributed by atoms with Gasteiger partial charge in [0.15, 0.2) is 18.1 Å². The summed E-state index contributed by atoms with van der Waals surface area (Å²) in [5.41, 5.74) is 4.66. The number of para-hydroxylation sites is 1. The molecule has 0 saturated heterocycles. The number of nitrogens with one attached hydrogen (secondary N) is 1. The summed E-state index contributed by atoms with van der Waals surface area (Å²) < 4.78 is 16.7. The van der Waals surface area contributed by atoms with Gasteiger partial charge in [0.25, 0.3) is 0 Å². The van der Waals surface area contributed by atoms with E-state index in [0.717, 1.165) is 11.3 Å². The monoisotopic (exact) mass is 420 g/mol. The van der Waals surface area contributed by atoms with Crippen molar-refractivity contribution >= 4 is 33.8 Å². The van der Waals surface area contributed by atoms with Crippen LogP contribution in [0.1, 0.15) is 19.4 Å². The number of rotatable bonds is 9. The Balaban J connectivity index is 2.12. The smallest absolute Gasteiger partial charge is 0.344 e. The Morgan fingerprint density at radius 3 is 2.62 bits per heavy atom. The van der Waals surface area contributed by atoms with Crippen LogP contribution in [0.15, 0.2) is 52.0 Å². The molecule has 0 aliphatic heterocycles. The van der Waals surface area contributed by atoms with Crippen LogP contribution in [-0.4, -0.2) is 32.0 Å². The van der Waals surface area contributed by atoms with Crippen LogP contribution in [0.25, 0.3) is 0 Å². The summed E-state index contributed by atoms with van der Waals surface area (Å²) in [6, 6.07) is 13.3. The average Bonchev–Trinajstić information content (AvgIpc) is 2.62. The van der Waals surface area contributed by atoms with Gasteiger partial charge in [0, 0.05) is 0 Å². The van der Waals surface area contributed by atoms with Gasteiger partial charge in [-0.05, 0) is 59.6 Å². The first-order valence-corrected chi connectivity index (χ1v) is 9.02. The quantitative estimate of drug-likeness (QED) is 0.373. The number of anilines is 1. The van der Waals surface area contributed by atoms with Crippen molar-refractivity contribution in [3.8, 4) is 11.5 Å². The summed E-state index contributed by atoms with van der Waals surface area (Å²) in [5.74, 6) is 0.542.